The summed E-state index contributed by atoms with van der Waals surface area (Å²) in [7, 11) is -3.49. The Morgan fingerprint density at radius 1 is 0.931 bits per heavy atom. The molecule has 0 aliphatic heterocycles. The predicted octanol–water partition coefficient (Wildman–Crippen LogP) is 4.78. The van der Waals surface area contributed by atoms with Crippen LogP contribution in [0.4, 0.5) is 11.4 Å². The van der Waals surface area contributed by atoms with E-state index < -0.39 is 14.9 Å². The number of nitrogens with zero attached hydrogens (tertiary/aromatic N) is 1. The number of hydrogen-bond donors (Lipinski definition) is 2. The highest BCUT2D eigenvalue weighted by atomic mass is 32.2. The second-order valence-electron chi connectivity index (χ2n) is 6.73. The van der Waals surface area contributed by atoms with Crippen LogP contribution >= 0.6 is 0 Å². The molecule has 7 nitrogen and oxygen atoms in total. The molecule has 4 rings (SSSR count). The second-order valence-corrected chi connectivity index (χ2v) is 8.47. The molecule has 0 spiro atoms. The van der Waals surface area contributed by atoms with E-state index in [0.717, 1.165) is 28.3 Å². The van der Waals surface area contributed by atoms with E-state index in [1.54, 1.807) is 24.3 Å². The number of rotatable bonds is 5. The molecule has 0 aliphatic rings. The first-order chi connectivity index (χ1) is 13.8. The number of H-pyrrole nitrogens is 1. The van der Waals surface area contributed by atoms with Gasteiger partial charge in [-0.15, -0.1) is 0 Å². The maximum absolute atomic E-state index is 11.8. The fourth-order valence-electron chi connectivity index (χ4n) is 3.36. The second kappa shape index (κ2) is 7.06. The molecule has 1 heterocycles. The molecule has 1 aromatic heterocycles. The molecule has 8 heteroatoms. The van der Waals surface area contributed by atoms with Crippen molar-refractivity contribution >= 4 is 32.3 Å². The van der Waals surface area contributed by atoms with Crippen LogP contribution in [0, 0.1) is 10.1 Å². The van der Waals surface area contributed by atoms with Crippen molar-refractivity contribution in [1.82, 2.24) is 4.98 Å². The minimum atomic E-state index is -3.49. The Morgan fingerprint density at radius 3 is 2.45 bits per heavy atom. The van der Waals surface area contributed by atoms with Gasteiger partial charge >= 0.3 is 0 Å². The minimum Gasteiger partial charge on any atom is -0.361 e. The van der Waals surface area contributed by atoms with Crippen LogP contribution in [0.2, 0.25) is 0 Å². The van der Waals surface area contributed by atoms with Gasteiger partial charge in [0.25, 0.3) is 5.69 Å². The number of sulfonamides is 1. The monoisotopic (exact) mass is 407 g/mol. The number of non-ortho nitro benzene ring substituents is 1. The fraction of sp³-hybridized carbons (Fsp3) is 0.0476. The Labute approximate surface area is 167 Å². The van der Waals surface area contributed by atoms with Gasteiger partial charge in [-0.05, 0) is 52.6 Å². The average Bonchev–Trinajstić information content (AvgIpc) is 3.15. The summed E-state index contributed by atoms with van der Waals surface area (Å²) < 4.78 is 26.1. The molecule has 0 saturated carbocycles. The number of nitrogens with one attached hydrogen (secondary N) is 2. The quantitative estimate of drug-likeness (QED) is 0.367. The van der Waals surface area contributed by atoms with Crippen LogP contribution in [0.15, 0.2) is 72.9 Å². The first-order valence-electron chi connectivity index (χ1n) is 8.74. The fourth-order valence-corrected chi connectivity index (χ4v) is 3.90. The van der Waals surface area contributed by atoms with Crippen molar-refractivity contribution in [3.05, 3.63) is 83.0 Å². The van der Waals surface area contributed by atoms with Crippen molar-refractivity contribution in [3.63, 3.8) is 0 Å². The molecule has 0 amide bonds. The summed E-state index contributed by atoms with van der Waals surface area (Å²) in [5, 5.41) is 12.1. The molecule has 0 fully saturated rings. The van der Waals surface area contributed by atoms with E-state index in [-0.39, 0.29) is 5.69 Å². The zero-order chi connectivity index (χ0) is 20.6. The van der Waals surface area contributed by atoms with Crippen LogP contribution in [-0.2, 0) is 10.0 Å². The van der Waals surface area contributed by atoms with Crippen LogP contribution in [0.5, 0.6) is 0 Å². The molecule has 29 heavy (non-hydrogen) atoms. The minimum absolute atomic E-state index is 0.0294. The van der Waals surface area contributed by atoms with E-state index in [1.807, 2.05) is 36.5 Å². The standard InChI is InChI=1S/C21H17N3O4S/c1-29(27,28)23-17-11-15(14-4-2-5-18(13-14)24(25)26)10-16(12-17)19-6-3-7-21-20(19)8-9-22-21/h2-13,22-23H,1H3. The number of aromatic amines is 1. The van der Waals surface area contributed by atoms with Crippen LogP contribution in [-0.4, -0.2) is 24.6 Å². The Hall–Kier alpha value is -3.65. The maximum Gasteiger partial charge on any atom is 0.270 e. The third kappa shape index (κ3) is 3.97. The lowest BCUT2D eigenvalue weighted by atomic mass is 9.96. The molecule has 3 aromatic carbocycles. The third-order valence-electron chi connectivity index (χ3n) is 4.53. The van der Waals surface area contributed by atoms with Gasteiger partial charge in [-0.1, -0.05) is 24.3 Å². The number of nitro benzene ring substituents is 1. The van der Waals surface area contributed by atoms with Gasteiger partial charge in [-0.3, -0.25) is 14.8 Å². The third-order valence-corrected chi connectivity index (χ3v) is 5.14. The first-order valence-corrected chi connectivity index (χ1v) is 10.6. The molecule has 2 N–H and O–H groups in total. The summed E-state index contributed by atoms with van der Waals surface area (Å²) in [6.45, 7) is 0. The van der Waals surface area contributed by atoms with Crippen molar-refractivity contribution in [3.8, 4) is 22.3 Å². The molecular weight excluding hydrogens is 390 g/mol. The van der Waals surface area contributed by atoms with Crippen molar-refractivity contribution in [2.24, 2.45) is 0 Å². The van der Waals surface area contributed by atoms with E-state index in [1.165, 1.54) is 12.1 Å². The number of benzene rings is 3. The van der Waals surface area contributed by atoms with Gasteiger partial charge in [0.05, 0.1) is 11.2 Å². The summed E-state index contributed by atoms with van der Waals surface area (Å²) in [5.41, 5.74) is 4.33. The first kappa shape index (κ1) is 18.7. The molecular formula is C21H17N3O4S. The average molecular weight is 407 g/mol. The normalized spacial score (nSPS) is 11.5. The van der Waals surface area contributed by atoms with Crippen molar-refractivity contribution in [2.45, 2.75) is 0 Å². The zero-order valence-corrected chi connectivity index (χ0v) is 16.2. The molecule has 0 saturated heterocycles. The summed E-state index contributed by atoms with van der Waals surface area (Å²) in [5.74, 6) is 0. The van der Waals surface area contributed by atoms with E-state index in [9.17, 15) is 18.5 Å². The Balaban J connectivity index is 1.93. The van der Waals surface area contributed by atoms with E-state index in [0.29, 0.717) is 16.8 Å². The lowest BCUT2D eigenvalue weighted by molar-refractivity contribution is -0.384. The Kier molecular flexibility index (Phi) is 4.56. The molecule has 0 bridgehead atoms. The SMILES string of the molecule is CS(=O)(=O)Nc1cc(-c2cccc([N+](=O)[O-])c2)cc(-c2cccc3[nH]ccc23)c1. The molecule has 0 radical (unpaired) electrons. The lowest BCUT2D eigenvalue weighted by Gasteiger charge is -2.12. The summed E-state index contributed by atoms with van der Waals surface area (Å²) in [4.78, 5) is 13.9. The number of hydrogen-bond acceptors (Lipinski definition) is 4. The van der Waals surface area contributed by atoms with Gasteiger partial charge in [0.2, 0.25) is 10.0 Å². The van der Waals surface area contributed by atoms with Gasteiger partial charge in [0.1, 0.15) is 0 Å². The number of aromatic nitrogens is 1. The van der Waals surface area contributed by atoms with E-state index in [4.69, 9.17) is 0 Å². The van der Waals surface area contributed by atoms with Gasteiger partial charge in [0, 0.05) is 34.9 Å². The van der Waals surface area contributed by atoms with Crippen molar-refractivity contribution in [2.75, 3.05) is 11.0 Å². The zero-order valence-electron chi connectivity index (χ0n) is 15.4. The molecule has 4 aromatic rings. The van der Waals surface area contributed by atoms with Gasteiger partial charge in [-0.25, -0.2) is 8.42 Å². The topological polar surface area (TPSA) is 105 Å². The maximum atomic E-state index is 11.8. The van der Waals surface area contributed by atoms with Crippen molar-refractivity contribution in [1.29, 1.82) is 0 Å². The van der Waals surface area contributed by atoms with Crippen LogP contribution in [0.25, 0.3) is 33.2 Å². The van der Waals surface area contributed by atoms with Crippen LogP contribution in [0.3, 0.4) is 0 Å². The summed E-state index contributed by atoms with van der Waals surface area (Å²) in [6.07, 6.45) is 2.92. The van der Waals surface area contributed by atoms with E-state index in [2.05, 4.69) is 9.71 Å². The Bertz CT molecular complexity index is 1340. The number of anilines is 1. The largest absolute Gasteiger partial charge is 0.361 e. The highest BCUT2D eigenvalue weighted by Gasteiger charge is 2.13. The number of nitro groups is 1. The molecule has 0 unspecified atom stereocenters. The van der Waals surface area contributed by atoms with Gasteiger partial charge < -0.3 is 4.98 Å². The highest BCUT2D eigenvalue weighted by Crippen LogP contribution is 2.35. The predicted molar refractivity (Wildman–Crippen MR) is 114 cm³/mol. The van der Waals surface area contributed by atoms with Gasteiger partial charge in [-0.2, -0.15) is 0 Å². The molecule has 146 valence electrons. The molecule has 0 aliphatic carbocycles. The van der Waals surface area contributed by atoms with Crippen molar-refractivity contribution < 1.29 is 13.3 Å². The lowest BCUT2D eigenvalue weighted by Crippen LogP contribution is -2.09. The number of fused-ring (bicyclic) bond motifs is 1. The van der Waals surface area contributed by atoms with Gasteiger partial charge in [0.15, 0.2) is 0 Å². The van der Waals surface area contributed by atoms with Crippen LogP contribution < -0.4 is 4.72 Å². The Morgan fingerprint density at radius 2 is 1.69 bits per heavy atom. The highest BCUT2D eigenvalue weighted by molar-refractivity contribution is 7.92. The summed E-state index contributed by atoms with van der Waals surface area (Å²) in [6, 6.07) is 19.4. The van der Waals surface area contributed by atoms with Crippen LogP contribution in [0.1, 0.15) is 0 Å². The molecule has 0 atom stereocenters. The smallest absolute Gasteiger partial charge is 0.270 e. The summed E-state index contributed by atoms with van der Waals surface area (Å²) >= 11 is 0. The van der Waals surface area contributed by atoms with E-state index >= 15 is 0 Å².